The van der Waals surface area contributed by atoms with Crippen molar-refractivity contribution in [1.82, 2.24) is 0 Å². The summed E-state index contributed by atoms with van der Waals surface area (Å²) in [6, 6.07) is 19.6. The molecule has 0 aliphatic rings. The van der Waals surface area contributed by atoms with E-state index in [0.29, 0.717) is 6.61 Å². The van der Waals surface area contributed by atoms with Crippen molar-refractivity contribution in [1.29, 1.82) is 5.26 Å². The summed E-state index contributed by atoms with van der Waals surface area (Å²) in [4.78, 5) is 0. The highest BCUT2D eigenvalue weighted by Gasteiger charge is 2.00. The molecule has 0 aliphatic carbocycles. The predicted molar refractivity (Wildman–Crippen MR) is 71.9 cm³/mol. The van der Waals surface area contributed by atoms with Crippen molar-refractivity contribution in [2.45, 2.75) is 6.61 Å². The van der Waals surface area contributed by atoms with Crippen molar-refractivity contribution in [3.8, 4) is 11.8 Å². The molecule has 0 saturated heterocycles. The summed E-state index contributed by atoms with van der Waals surface area (Å²) in [5.74, 6) is 0.785. The van der Waals surface area contributed by atoms with Crippen LogP contribution in [0.1, 0.15) is 11.1 Å². The fourth-order valence-electron chi connectivity index (χ4n) is 1.61. The summed E-state index contributed by atoms with van der Waals surface area (Å²) in [7, 11) is 0. The van der Waals surface area contributed by atoms with Crippen LogP contribution in [-0.4, -0.2) is 0 Å². The first-order valence-electron chi connectivity index (χ1n) is 5.72. The van der Waals surface area contributed by atoms with Gasteiger partial charge in [-0.25, -0.2) is 0 Å². The van der Waals surface area contributed by atoms with Gasteiger partial charge in [-0.1, -0.05) is 48.5 Å². The molecule has 2 aromatic rings. The molecule has 18 heavy (non-hydrogen) atoms. The lowest BCUT2D eigenvalue weighted by Crippen LogP contribution is -1.96. The predicted octanol–water partition coefficient (Wildman–Crippen LogP) is 3.80. The summed E-state index contributed by atoms with van der Waals surface area (Å²) in [6.45, 7) is 0.526. The zero-order chi connectivity index (χ0) is 12.6. The Labute approximate surface area is 107 Å². The largest absolute Gasteiger partial charge is 0.488 e. The van der Waals surface area contributed by atoms with E-state index in [2.05, 4.69) is 0 Å². The first kappa shape index (κ1) is 11.9. The molecule has 0 N–H and O–H groups in total. The van der Waals surface area contributed by atoms with Gasteiger partial charge >= 0.3 is 0 Å². The summed E-state index contributed by atoms with van der Waals surface area (Å²) >= 11 is 0. The summed E-state index contributed by atoms with van der Waals surface area (Å²) in [5.41, 5.74) is 2.03. The normalized spacial score (nSPS) is 10.2. The fraction of sp³-hybridized carbons (Fsp3) is 0.0625. The van der Waals surface area contributed by atoms with Crippen LogP contribution in [0, 0.1) is 11.3 Å². The lowest BCUT2D eigenvalue weighted by atomic mass is 10.2. The van der Waals surface area contributed by atoms with Crippen molar-refractivity contribution < 1.29 is 4.74 Å². The number of allylic oxidation sites excluding steroid dienone is 1. The van der Waals surface area contributed by atoms with E-state index in [1.54, 1.807) is 6.08 Å². The molecular formula is C16H13NO. The monoisotopic (exact) mass is 235 g/mol. The van der Waals surface area contributed by atoms with Crippen LogP contribution in [0.3, 0.4) is 0 Å². The second-order valence-electron chi connectivity index (χ2n) is 3.77. The third-order valence-corrected chi connectivity index (χ3v) is 2.49. The minimum absolute atomic E-state index is 0.526. The number of hydrogen-bond acceptors (Lipinski definition) is 2. The lowest BCUT2D eigenvalue weighted by Gasteiger charge is -2.08. The SMILES string of the molecule is N#C/C=C\c1ccccc1OCc1ccccc1. The Kier molecular flexibility index (Phi) is 4.16. The molecule has 0 saturated carbocycles. The first-order chi connectivity index (χ1) is 8.90. The summed E-state index contributed by atoms with van der Waals surface area (Å²) < 4.78 is 5.76. The lowest BCUT2D eigenvalue weighted by molar-refractivity contribution is 0.305. The van der Waals surface area contributed by atoms with Crippen molar-refractivity contribution in [3.05, 3.63) is 71.8 Å². The van der Waals surface area contributed by atoms with Gasteiger partial charge in [0, 0.05) is 11.6 Å². The van der Waals surface area contributed by atoms with E-state index in [-0.39, 0.29) is 0 Å². The zero-order valence-electron chi connectivity index (χ0n) is 9.91. The average Bonchev–Trinajstić information content (AvgIpc) is 2.45. The first-order valence-corrected chi connectivity index (χ1v) is 5.72. The third-order valence-electron chi connectivity index (χ3n) is 2.49. The fourth-order valence-corrected chi connectivity index (χ4v) is 1.61. The second-order valence-corrected chi connectivity index (χ2v) is 3.77. The molecule has 0 unspecified atom stereocenters. The number of para-hydroxylation sites is 1. The third kappa shape index (κ3) is 3.23. The van der Waals surface area contributed by atoms with Crippen LogP contribution in [0.2, 0.25) is 0 Å². The van der Waals surface area contributed by atoms with Crippen LogP contribution >= 0.6 is 0 Å². The molecule has 2 heteroatoms. The molecule has 0 bridgehead atoms. The molecule has 2 nitrogen and oxygen atoms in total. The molecule has 2 rings (SSSR count). The van der Waals surface area contributed by atoms with Crippen LogP contribution in [0.15, 0.2) is 60.7 Å². The van der Waals surface area contributed by atoms with Gasteiger partial charge in [-0.3, -0.25) is 0 Å². The van der Waals surface area contributed by atoms with Crippen LogP contribution in [0.25, 0.3) is 6.08 Å². The number of benzene rings is 2. The molecule has 0 radical (unpaired) electrons. The maximum Gasteiger partial charge on any atom is 0.127 e. The number of ether oxygens (including phenoxy) is 1. The quantitative estimate of drug-likeness (QED) is 0.755. The highest BCUT2D eigenvalue weighted by molar-refractivity contribution is 5.58. The van der Waals surface area contributed by atoms with Crippen LogP contribution in [0.5, 0.6) is 5.75 Å². The van der Waals surface area contributed by atoms with Crippen molar-refractivity contribution in [2.75, 3.05) is 0 Å². The number of hydrogen-bond donors (Lipinski definition) is 0. The van der Waals surface area contributed by atoms with Gasteiger partial charge in [0.1, 0.15) is 12.4 Å². The van der Waals surface area contributed by atoms with Gasteiger partial charge in [-0.15, -0.1) is 0 Å². The van der Waals surface area contributed by atoms with Gasteiger partial charge in [0.05, 0.1) is 6.07 Å². The van der Waals surface area contributed by atoms with Crippen molar-refractivity contribution >= 4 is 6.08 Å². The Balaban J connectivity index is 2.10. The van der Waals surface area contributed by atoms with Gasteiger partial charge in [0.25, 0.3) is 0 Å². The van der Waals surface area contributed by atoms with Crippen LogP contribution in [-0.2, 0) is 6.61 Å². The van der Waals surface area contributed by atoms with Crippen LogP contribution < -0.4 is 4.74 Å². The standard InChI is InChI=1S/C16H13NO/c17-12-6-10-15-9-4-5-11-16(15)18-13-14-7-2-1-3-8-14/h1-11H,13H2/b10-6-. The Bertz CT molecular complexity index is 567. The van der Waals surface area contributed by atoms with E-state index < -0.39 is 0 Å². The van der Waals surface area contributed by atoms with E-state index >= 15 is 0 Å². The molecule has 0 aliphatic heterocycles. The maximum absolute atomic E-state index is 8.55. The van der Waals surface area contributed by atoms with E-state index in [1.807, 2.05) is 60.7 Å². The van der Waals surface area contributed by atoms with E-state index in [4.69, 9.17) is 10.00 Å². The van der Waals surface area contributed by atoms with E-state index in [9.17, 15) is 0 Å². The highest BCUT2D eigenvalue weighted by Crippen LogP contribution is 2.20. The van der Waals surface area contributed by atoms with E-state index in [1.165, 1.54) is 6.08 Å². The molecule has 0 heterocycles. The molecule has 0 amide bonds. The Morgan fingerprint density at radius 2 is 1.72 bits per heavy atom. The smallest absolute Gasteiger partial charge is 0.127 e. The van der Waals surface area contributed by atoms with Crippen molar-refractivity contribution in [2.24, 2.45) is 0 Å². The van der Waals surface area contributed by atoms with Crippen molar-refractivity contribution in [3.63, 3.8) is 0 Å². The van der Waals surface area contributed by atoms with Gasteiger partial charge in [-0.05, 0) is 17.7 Å². The van der Waals surface area contributed by atoms with Gasteiger partial charge < -0.3 is 4.74 Å². The molecular weight excluding hydrogens is 222 g/mol. The van der Waals surface area contributed by atoms with Crippen LogP contribution in [0.4, 0.5) is 0 Å². The second kappa shape index (κ2) is 6.27. The average molecular weight is 235 g/mol. The number of rotatable bonds is 4. The Morgan fingerprint density at radius 3 is 2.50 bits per heavy atom. The molecule has 0 fully saturated rings. The Morgan fingerprint density at radius 1 is 1.00 bits per heavy atom. The van der Waals surface area contributed by atoms with Gasteiger partial charge in [-0.2, -0.15) is 5.26 Å². The minimum atomic E-state index is 0.526. The summed E-state index contributed by atoms with van der Waals surface area (Å²) in [5, 5.41) is 8.55. The molecule has 0 spiro atoms. The Hall–Kier alpha value is -2.53. The maximum atomic E-state index is 8.55. The highest BCUT2D eigenvalue weighted by atomic mass is 16.5. The summed E-state index contributed by atoms with van der Waals surface area (Å²) in [6.07, 6.45) is 3.20. The van der Waals surface area contributed by atoms with Gasteiger partial charge in [0.15, 0.2) is 0 Å². The zero-order valence-corrected chi connectivity index (χ0v) is 9.91. The molecule has 2 aromatic carbocycles. The minimum Gasteiger partial charge on any atom is -0.488 e. The molecule has 0 aromatic heterocycles. The van der Waals surface area contributed by atoms with E-state index in [0.717, 1.165) is 16.9 Å². The molecule has 88 valence electrons. The topological polar surface area (TPSA) is 33.0 Å². The van der Waals surface area contributed by atoms with Gasteiger partial charge in [0.2, 0.25) is 0 Å². The number of nitriles is 1. The number of nitrogens with zero attached hydrogens (tertiary/aromatic N) is 1. The molecule has 0 atom stereocenters.